The minimum Gasteiger partial charge on any atom is -0.384 e. The van der Waals surface area contributed by atoms with Crippen LogP contribution in [0.1, 0.15) is 0 Å². The van der Waals surface area contributed by atoms with Crippen molar-refractivity contribution >= 4 is 28.8 Å². The zero-order valence-electron chi connectivity index (χ0n) is 11.2. The average molecular weight is 289 g/mol. The molecule has 2 N–H and O–H groups in total. The van der Waals surface area contributed by atoms with Crippen LogP contribution in [0.5, 0.6) is 0 Å². The summed E-state index contributed by atoms with van der Waals surface area (Å²) in [6.45, 7) is 3.89. The van der Waals surface area contributed by atoms with E-state index in [0.717, 1.165) is 36.9 Å². The van der Waals surface area contributed by atoms with Gasteiger partial charge in [-0.2, -0.15) is 0 Å². The Labute approximate surface area is 123 Å². The number of rotatable bonds is 2. The molecule has 1 aromatic carbocycles. The van der Waals surface area contributed by atoms with Crippen LogP contribution < -0.4 is 15.5 Å². The van der Waals surface area contributed by atoms with E-state index < -0.39 is 0 Å². The number of nitrogen functional groups attached to an aromatic ring is 1. The lowest BCUT2D eigenvalue weighted by Gasteiger charge is -2.37. The third kappa shape index (κ3) is 2.80. The Hall–Kier alpha value is -1.94. The number of hydrogen-bond donors (Lipinski definition) is 1. The van der Waals surface area contributed by atoms with Gasteiger partial charge in [-0.05, 0) is 30.3 Å². The highest BCUT2D eigenvalue weighted by molar-refractivity contribution is 6.30. The lowest BCUT2D eigenvalue weighted by Crippen LogP contribution is -2.46. The number of halogens is 1. The molecule has 1 saturated heterocycles. The summed E-state index contributed by atoms with van der Waals surface area (Å²) >= 11 is 6.05. The van der Waals surface area contributed by atoms with Crippen LogP contribution in [0.25, 0.3) is 0 Å². The van der Waals surface area contributed by atoms with Gasteiger partial charge >= 0.3 is 0 Å². The Morgan fingerprint density at radius 1 is 0.950 bits per heavy atom. The van der Waals surface area contributed by atoms with Gasteiger partial charge in [0.05, 0.1) is 11.9 Å². The largest absolute Gasteiger partial charge is 0.384 e. The van der Waals surface area contributed by atoms with Crippen LogP contribution in [0, 0.1) is 0 Å². The smallest absolute Gasteiger partial charge is 0.123 e. The molecule has 5 heteroatoms. The van der Waals surface area contributed by atoms with Crippen molar-refractivity contribution < 1.29 is 0 Å². The van der Waals surface area contributed by atoms with Gasteiger partial charge in [-0.15, -0.1) is 0 Å². The second kappa shape index (κ2) is 5.59. The molecule has 104 valence electrons. The lowest BCUT2D eigenvalue weighted by molar-refractivity contribution is 0.653. The van der Waals surface area contributed by atoms with Crippen LogP contribution in [0.4, 0.5) is 17.2 Å². The quantitative estimate of drug-likeness (QED) is 0.923. The molecule has 3 rings (SSSR count). The highest BCUT2D eigenvalue weighted by atomic mass is 35.5. The molecule has 0 aliphatic carbocycles. The summed E-state index contributed by atoms with van der Waals surface area (Å²) < 4.78 is 0. The van der Waals surface area contributed by atoms with Crippen LogP contribution in [-0.2, 0) is 0 Å². The topological polar surface area (TPSA) is 45.4 Å². The van der Waals surface area contributed by atoms with E-state index in [2.05, 4.69) is 20.9 Å². The molecule has 0 amide bonds. The number of nitrogens with two attached hydrogens (primary N) is 1. The predicted octanol–water partition coefficient (Wildman–Crippen LogP) is 2.64. The van der Waals surface area contributed by atoms with E-state index in [1.807, 2.05) is 36.5 Å². The summed E-state index contributed by atoms with van der Waals surface area (Å²) in [6.07, 6.45) is 1.84. The van der Waals surface area contributed by atoms with E-state index in [4.69, 9.17) is 17.3 Å². The van der Waals surface area contributed by atoms with E-state index in [-0.39, 0.29) is 0 Å². The number of hydrogen-bond acceptors (Lipinski definition) is 4. The molecule has 0 atom stereocenters. The first kappa shape index (κ1) is 13.1. The van der Waals surface area contributed by atoms with Crippen molar-refractivity contribution in [2.45, 2.75) is 0 Å². The van der Waals surface area contributed by atoms with E-state index >= 15 is 0 Å². The van der Waals surface area contributed by atoms with E-state index in [9.17, 15) is 0 Å². The Kier molecular flexibility index (Phi) is 3.65. The maximum atomic E-state index is 6.05. The molecule has 2 aromatic rings. The van der Waals surface area contributed by atoms with Crippen molar-refractivity contribution in [1.82, 2.24) is 4.98 Å². The third-order valence-corrected chi connectivity index (χ3v) is 3.82. The van der Waals surface area contributed by atoms with Crippen LogP contribution in [0.15, 0.2) is 42.6 Å². The fraction of sp³-hybridized carbons (Fsp3) is 0.267. The minimum absolute atomic E-state index is 0.561. The maximum absolute atomic E-state index is 6.05. The zero-order valence-corrected chi connectivity index (χ0v) is 11.9. The fourth-order valence-corrected chi connectivity index (χ4v) is 2.66. The van der Waals surface area contributed by atoms with Crippen molar-refractivity contribution in [2.24, 2.45) is 0 Å². The third-order valence-electron chi connectivity index (χ3n) is 3.59. The second-order valence-corrected chi connectivity index (χ2v) is 5.33. The SMILES string of the molecule is Nc1ccc(N2CCN(c3cccc(Cl)c3)CC2)cn1. The summed E-state index contributed by atoms with van der Waals surface area (Å²) in [7, 11) is 0. The van der Waals surface area contributed by atoms with Gasteiger partial charge in [0.1, 0.15) is 5.82 Å². The van der Waals surface area contributed by atoms with Gasteiger partial charge in [-0.1, -0.05) is 17.7 Å². The highest BCUT2D eigenvalue weighted by Crippen LogP contribution is 2.22. The molecule has 2 heterocycles. The molecular weight excluding hydrogens is 272 g/mol. The summed E-state index contributed by atoms with van der Waals surface area (Å²) in [4.78, 5) is 8.83. The number of pyridine rings is 1. The number of nitrogens with zero attached hydrogens (tertiary/aromatic N) is 3. The monoisotopic (exact) mass is 288 g/mol. The molecule has 1 aromatic heterocycles. The van der Waals surface area contributed by atoms with E-state index in [1.54, 1.807) is 0 Å². The van der Waals surface area contributed by atoms with Gasteiger partial charge in [-0.3, -0.25) is 0 Å². The van der Waals surface area contributed by atoms with Crippen molar-refractivity contribution in [2.75, 3.05) is 41.7 Å². The molecule has 1 aliphatic rings. The molecule has 0 spiro atoms. The predicted molar refractivity (Wildman–Crippen MR) is 84.5 cm³/mol. The molecule has 0 bridgehead atoms. The van der Waals surface area contributed by atoms with Gasteiger partial charge in [0.2, 0.25) is 0 Å². The molecule has 1 fully saturated rings. The van der Waals surface area contributed by atoms with Gasteiger partial charge in [-0.25, -0.2) is 4.98 Å². The summed E-state index contributed by atoms with van der Waals surface area (Å²) in [6, 6.07) is 11.9. The van der Waals surface area contributed by atoms with Crippen LogP contribution >= 0.6 is 11.6 Å². The Morgan fingerprint density at radius 3 is 2.25 bits per heavy atom. The molecule has 4 nitrogen and oxygen atoms in total. The standard InChI is InChI=1S/C15H17ClN4/c16-12-2-1-3-13(10-12)19-6-8-20(9-7-19)14-4-5-15(17)18-11-14/h1-5,10-11H,6-9H2,(H2,17,18). The first-order chi connectivity index (χ1) is 9.72. The molecule has 0 unspecified atom stereocenters. The van der Waals surface area contributed by atoms with Gasteiger partial charge < -0.3 is 15.5 Å². The lowest BCUT2D eigenvalue weighted by atomic mass is 10.2. The molecule has 0 radical (unpaired) electrons. The summed E-state index contributed by atoms with van der Waals surface area (Å²) in [5.41, 5.74) is 7.94. The van der Waals surface area contributed by atoms with Gasteiger partial charge in [0.15, 0.2) is 0 Å². The van der Waals surface area contributed by atoms with Gasteiger partial charge in [0.25, 0.3) is 0 Å². The summed E-state index contributed by atoms with van der Waals surface area (Å²) in [5.74, 6) is 0.561. The Balaban J connectivity index is 1.66. The van der Waals surface area contributed by atoms with Crippen LogP contribution in [0.2, 0.25) is 5.02 Å². The Morgan fingerprint density at radius 2 is 1.65 bits per heavy atom. The number of aromatic nitrogens is 1. The second-order valence-electron chi connectivity index (χ2n) is 4.90. The first-order valence-electron chi connectivity index (χ1n) is 6.69. The zero-order chi connectivity index (χ0) is 13.9. The van der Waals surface area contributed by atoms with Crippen molar-refractivity contribution in [1.29, 1.82) is 0 Å². The molecule has 1 aliphatic heterocycles. The number of piperazine rings is 1. The van der Waals surface area contributed by atoms with Crippen molar-refractivity contribution in [3.8, 4) is 0 Å². The number of anilines is 3. The maximum Gasteiger partial charge on any atom is 0.123 e. The fourth-order valence-electron chi connectivity index (χ4n) is 2.48. The van der Waals surface area contributed by atoms with Gasteiger partial charge in [0, 0.05) is 36.9 Å². The minimum atomic E-state index is 0.561. The molecule has 20 heavy (non-hydrogen) atoms. The van der Waals surface area contributed by atoms with Crippen molar-refractivity contribution in [3.05, 3.63) is 47.6 Å². The van der Waals surface area contributed by atoms with Crippen molar-refractivity contribution in [3.63, 3.8) is 0 Å². The normalized spacial score (nSPS) is 15.4. The average Bonchev–Trinajstić information content (AvgIpc) is 2.48. The Bertz CT molecular complexity index is 577. The molecular formula is C15H17ClN4. The van der Waals surface area contributed by atoms with Crippen LogP contribution in [0.3, 0.4) is 0 Å². The molecule has 0 saturated carbocycles. The van der Waals surface area contributed by atoms with E-state index in [0.29, 0.717) is 5.82 Å². The highest BCUT2D eigenvalue weighted by Gasteiger charge is 2.17. The summed E-state index contributed by atoms with van der Waals surface area (Å²) in [5, 5.41) is 0.785. The van der Waals surface area contributed by atoms with E-state index in [1.165, 1.54) is 5.69 Å². The first-order valence-corrected chi connectivity index (χ1v) is 7.07. The van der Waals surface area contributed by atoms with Crippen LogP contribution in [-0.4, -0.2) is 31.2 Å². The number of benzene rings is 1.